The molecule has 0 fully saturated rings. The van der Waals surface area contributed by atoms with Gasteiger partial charge in [0.25, 0.3) is 14.2 Å². The highest BCUT2D eigenvalue weighted by Crippen LogP contribution is 2.43. The average molecular weight is 447 g/mol. The summed E-state index contributed by atoms with van der Waals surface area (Å²) >= 11 is 0. The van der Waals surface area contributed by atoms with Crippen LogP contribution < -0.4 is 14.5 Å². The molecule has 1 aromatic heterocycles. The van der Waals surface area contributed by atoms with Crippen molar-refractivity contribution in [1.82, 2.24) is 10.3 Å². The Kier molecular flexibility index (Phi) is 8.37. The van der Waals surface area contributed by atoms with Crippen LogP contribution in [0.3, 0.4) is 0 Å². The largest absolute Gasteiger partial charge is 0.543 e. The third-order valence-electron chi connectivity index (χ3n) is 5.92. The number of hydrogen-bond donors (Lipinski definition) is 3. The minimum atomic E-state index is -2.12. The monoisotopic (exact) mass is 446 g/mol. The average Bonchev–Trinajstić information content (AvgIpc) is 3.19. The van der Waals surface area contributed by atoms with Crippen LogP contribution in [0.2, 0.25) is 16.6 Å². The summed E-state index contributed by atoms with van der Waals surface area (Å²) in [5.74, 6) is 1.26. The van der Waals surface area contributed by atoms with Gasteiger partial charge < -0.3 is 24.6 Å². The minimum absolute atomic E-state index is 0.205. The number of H-pyrrole nitrogens is 1. The van der Waals surface area contributed by atoms with Gasteiger partial charge in [0.15, 0.2) is 0 Å². The van der Waals surface area contributed by atoms with Crippen LogP contribution in [0.4, 0.5) is 0 Å². The lowest BCUT2D eigenvalue weighted by molar-refractivity contribution is 0.0920. The summed E-state index contributed by atoms with van der Waals surface area (Å²) < 4.78 is 12.4. The van der Waals surface area contributed by atoms with Gasteiger partial charge in [0, 0.05) is 23.9 Å². The first kappa shape index (κ1) is 25.0. The normalized spacial score (nSPS) is 13.0. The minimum Gasteiger partial charge on any atom is -0.543 e. The predicted octanol–water partition coefficient (Wildman–Crippen LogP) is 5.36. The Morgan fingerprint density at radius 3 is 2.10 bits per heavy atom. The lowest BCUT2D eigenvalue weighted by Gasteiger charge is -2.42. The number of carbonyl (C=O) groups is 1. The molecule has 2 aromatic rings. The second-order valence-corrected chi connectivity index (χ2v) is 14.5. The van der Waals surface area contributed by atoms with Crippen LogP contribution in [0, 0.1) is 0 Å². The van der Waals surface area contributed by atoms with Crippen LogP contribution in [-0.4, -0.2) is 44.1 Å². The lowest BCUT2D eigenvalue weighted by Crippen LogP contribution is -2.50. The van der Waals surface area contributed by atoms with E-state index in [-0.39, 0.29) is 12.5 Å². The highest BCUT2D eigenvalue weighted by Gasteiger charge is 2.47. The zero-order chi connectivity index (χ0) is 23.3. The molecule has 0 bridgehead atoms. The van der Waals surface area contributed by atoms with Gasteiger partial charge in [-0.2, -0.15) is 0 Å². The number of benzene rings is 1. The van der Waals surface area contributed by atoms with Gasteiger partial charge in [0.05, 0.1) is 13.2 Å². The molecule has 3 N–H and O–H groups in total. The summed E-state index contributed by atoms with van der Waals surface area (Å²) in [6.45, 7) is 15.4. The molecule has 0 spiro atoms. The van der Waals surface area contributed by atoms with Crippen molar-refractivity contribution in [3.63, 3.8) is 0 Å². The molecule has 0 saturated heterocycles. The van der Waals surface area contributed by atoms with E-state index in [1.54, 1.807) is 20.1 Å². The van der Waals surface area contributed by atoms with Gasteiger partial charge in [-0.25, -0.2) is 0 Å². The first-order valence-electron chi connectivity index (χ1n) is 11.0. The van der Waals surface area contributed by atoms with E-state index in [2.05, 4.69) is 51.8 Å². The third-order valence-corrected chi connectivity index (χ3v) is 11.9. The van der Waals surface area contributed by atoms with Crippen molar-refractivity contribution in [2.45, 2.75) is 71.2 Å². The number of nitrogens with one attached hydrogen (secondary N) is 2. The summed E-state index contributed by atoms with van der Waals surface area (Å²) in [5, 5.41) is 12.1. The van der Waals surface area contributed by atoms with Crippen LogP contribution in [0.5, 0.6) is 11.5 Å². The van der Waals surface area contributed by atoms with E-state index in [1.807, 2.05) is 24.3 Å². The first-order valence-corrected chi connectivity index (χ1v) is 13.2. The second-order valence-electron chi connectivity index (χ2n) is 9.16. The van der Waals surface area contributed by atoms with Gasteiger partial charge in [-0.05, 0) is 47.8 Å². The topological polar surface area (TPSA) is 83.6 Å². The Balaban J connectivity index is 2.40. The Bertz CT molecular complexity index is 852. The molecular formula is C24H38N2O4Si. The molecule has 0 radical (unpaired) electrons. The number of amides is 1. The Morgan fingerprint density at radius 2 is 1.58 bits per heavy atom. The molecule has 1 heterocycles. The van der Waals surface area contributed by atoms with Crippen LogP contribution in [0.1, 0.15) is 59.0 Å². The van der Waals surface area contributed by atoms with E-state index in [1.165, 1.54) is 0 Å². The van der Waals surface area contributed by atoms with Crippen LogP contribution in [0.25, 0.3) is 11.3 Å². The Morgan fingerprint density at radius 1 is 1.00 bits per heavy atom. The number of aliphatic hydroxyl groups is 1. The van der Waals surface area contributed by atoms with Crippen LogP contribution in [-0.2, 0) is 0 Å². The maximum absolute atomic E-state index is 12.3. The lowest BCUT2D eigenvalue weighted by atomic mass is 10.1. The molecule has 0 saturated carbocycles. The molecular weight excluding hydrogens is 408 g/mol. The van der Waals surface area contributed by atoms with E-state index >= 15 is 0 Å². The van der Waals surface area contributed by atoms with E-state index in [0.717, 1.165) is 17.0 Å². The van der Waals surface area contributed by atoms with Crippen molar-refractivity contribution in [2.24, 2.45) is 0 Å². The number of aromatic nitrogens is 1. The molecule has 6 nitrogen and oxygen atoms in total. The van der Waals surface area contributed by atoms with E-state index in [0.29, 0.717) is 28.1 Å². The summed E-state index contributed by atoms with van der Waals surface area (Å²) in [4.78, 5) is 15.5. The van der Waals surface area contributed by atoms with Crippen molar-refractivity contribution in [1.29, 1.82) is 0 Å². The summed E-state index contributed by atoms with van der Waals surface area (Å²) in [6, 6.07) is 9.49. The molecule has 0 unspecified atom stereocenters. The number of hydrogen-bond acceptors (Lipinski definition) is 4. The van der Waals surface area contributed by atoms with Crippen LogP contribution >= 0.6 is 0 Å². The molecule has 1 atom stereocenters. The van der Waals surface area contributed by atoms with Crippen molar-refractivity contribution in [2.75, 3.05) is 13.7 Å². The fourth-order valence-corrected chi connectivity index (χ4v) is 9.73. The zero-order valence-corrected chi connectivity index (χ0v) is 21.1. The number of rotatable bonds is 10. The van der Waals surface area contributed by atoms with E-state index in [4.69, 9.17) is 9.16 Å². The number of carbonyl (C=O) groups excluding carboxylic acids is 1. The molecule has 172 valence electrons. The van der Waals surface area contributed by atoms with Crippen molar-refractivity contribution in [3.8, 4) is 22.8 Å². The van der Waals surface area contributed by atoms with E-state index < -0.39 is 14.4 Å². The van der Waals surface area contributed by atoms with Crippen molar-refractivity contribution >= 4 is 14.2 Å². The van der Waals surface area contributed by atoms with Gasteiger partial charge in [-0.1, -0.05) is 41.5 Å². The van der Waals surface area contributed by atoms with Crippen molar-refractivity contribution < 1.29 is 19.1 Å². The Hall–Kier alpha value is -2.25. The SMILES string of the molecule is COc1cc(O[Si](C(C)C)(C(C)C)C(C)C)cc(-c2ccc(C(=O)NC[C@@H](C)O)[nH]2)c1. The summed E-state index contributed by atoms with van der Waals surface area (Å²) in [6.07, 6.45) is -0.594. The van der Waals surface area contributed by atoms with Gasteiger partial charge >= 0.3 is 0 Å². The number of methoxy groups -OCH3 is 1. The highest BCUT2D eigenvalue weighted by atomic mass is 28.4. The van der Waals surface area contributed by atoms with Gasteiger partial charge in [-0.15, -0.1) is 0 Å². The van der Waals surface area contributed by atoms with Gasteiger partial charge in [-0.3, -0.25) is 4.79 Å². The van der Waals surface area contributed by atoms with Gasteiger partial charge in [0.1, 0.15) is 17.2 Å². The zero-order valence-electron chi connectivity index (χ0n) is 20.1. The van der Waals surface area contributed by atoms with Gasteiger partial charge in [0.2, 0.25) is 0 Å². The predicted molar refractivity (Wildman–Crippen MR) is 128 cm³/mol. The standard InChI is InChI=1S/C24H38N2O4Si/c1-15(2)31(16(3)4,17(5)6)30-21-12-19(11-20(13-21)29-8)22-9-10-23(26-22)24(28)25-14-18(7)27/h9-13,15-18,26-27H,14H2,1-8H3,(H,25,28)/t18-/m1/s1. The maximum Gasteiger partial charge on any atom is 0.267 e. The fourth-order valence-electron chi connectivity index (χ4n) is 4.49. The molecule has 31 heavy (non-hydrogen) atoms. The maximum atomic E-state index is 12.3. The quantitative estimate of drug-likeness (QED) is 0.429. The highest BCUT2D eigenvalue weighted by molar-refractivity contribution is 6.78. The van der Waals surface area contributed by atoms with Crippen LogP contribution in [0.15, 0.2) is 30.3 Å². The van der Waals surface area contributed by atoms with Crippen molar-refractivity contribution in [3.05, 3.63) is 36.0 Å². The molecule has 1 amide bonds. The smallest absolute Gasteiger partial charge is 0.267 e. The third kappa shape index (κ3) is 5.71. The summed E-state index contributed by atoms with van der Waals surface area (Å²) in [7, 11) is -0.472. The molecule has 0 aliphatic rings. The number of ether oxygens (including phenoxy) is 1. The molecule has 2 rings (SSSR count). The Labute approximate surface area is 187 Å². The first-order chi connectivity index (χ1) is 14.5. The molecule has 7 heteroatoms. The molecule has 0 aliphatic carbocycles. The fraction of sp³-hybridized carbons (Fsp3) is 0.542. The number of aromatic amines is 1. The molecule has 0 aliphatic heterocycles. The summed E-state index contributed by atoms with van der Waals surface area (Å²) in [5.41, 5.74) is 3.50. The van der Waals surface area contributed by atoms with E-state index in [9.17, 15) is 9.90 Å². The number of aliphatic hydroxyl groups excluding tert-OH is 1. The molecule has 1 aromatic carbocycles. The second kappa shape index (κ2) is 10.4.